The molecule has 2 aliphatic rings. The van der Waals surface area contributed by atoms with E-state index in [0.717, 1.165) is 61.0 Å². The topological polar surface area (TPSA) is 40.2 Å². The molecule has 0 aliphatic carbocycles. The summed E-state index contributed by atoms with van der Waals surface area (Å²) in [7, 11) is 1.72. The van der Waals surface area contributed by atoms with Crippen LogP contribution in [-0.4, -0.2) is 51.0 Å². The second kappa shape index (κ2) is 9.06. The fourth-order valence-electron chi connectivity index (χ4n) is 4.14. The van der Waals surface area contributed by atoms with E-state index in [0.29, 0.717) is 25.2 Å². The molecule has 1 fully saturated rings. The first kappa shape index (κ1) is 20.0. The van der Waals surface area contributed by atoms with Gasteiger partial charge in [0.25, 0.3) is 0 Å². The summed E-state index contributed by atoms with van der Waals surface area (Å²) in [6.07, 6.45) is 1.45. The van der Waals surface area contributed by atoms with Gasteiger partial charge in [-0.05, 0) is 47.7 Å². The van der Waals surface area contributed by atoms with Gasteiger partial charge >= 0.3 is 0 Å². The molecule has 0 N–H and O–H groups in total. The molecular formula is C24H31NO4. The number of morpholine rings is 1. The molecule has 0 radical (unpaired) electrons. The zero-order valence-electron chi connectivity index (χ0n) is 17.6. The molecule has 156 valence electrons. The highest BCUT2D eigenvalue weighted by Gasteiger charge is 2.22. The van der Waals surface area contributed by atoms with Gasteiger partial charge in [-0.15, -0.1) is 0 Å². The second-order valence-corrected chi connectivity index (χ2v) is 8.25. The van der Waals surface area contributed by atoms with Gasteiger partial charge in [0.1, 0.15) is 19.0 Å². The van der Waals surface area contributed by atoms with Crippen molar-refractivity contribution in [2.45, 2.75) is 32.9 Å². The Morgan fingerprint density at radius 3 is 2.66 bits per heavy atom. The van der Waals surface area contributed by atoms with Gasteiger partial charge in [0.15, 0.2) is 11.5 Å². The molecule has 2 aromatic rings. The van der Waals surface area contributed by atoms with Gasteiger partial charge in [0.05, 0.1) is 19.8 Å². The third-order valence-electron chi connectivity index (χ3n) is 5.48. The monoisotopic (exact) mass is 397 g/mol. The molecule has 0 aromatic heterocycles. The van der Waals surface area contributed by atoms with E-state index in [9.17, 15) is 0 Å². The third kappa shape index (κ3) is 4.85. The van der Waals surface area contributed by atoms with Crippen LogP contribution in [0.3, 0.4) is 0 Å². The number of ether oxygens (including phenoxy) is 4. The van der Waals surface area contributed by atoms with Crippen molar-refractivity contribution in [1.29, 1.82) is 0 Å². The normalized spacial score (nSPS) is 19.4. The zero-order chi connectivity index (χ0) is 20.2. The van der Waals surface area contributed by atoms with Crippen LogP contribution in [-0.2, 0) is 11.3 Å². The minimum Gasteiger partial charge on any atom is -0.496 e. The van der Waals surface area contributed by atoms with Crippen molar-refractivity contribution in [3.05, 3.63) is 42.0 Å². The largest absolute Gasteiger partial charge is 0.496 e. The van der Waals surface area contributed by atoms with Gasteiger partial charge in [-0.1, -0.05) is 26.0 Å². The lowest BCUT2D eigenvalue weighted by molar-refractivity contribution is -0.0399. The Morgan fingerprint density at radius 1 is 1.03 bits per heavy atom. The van der Waals surface area contributed by atoms with Crippen LogP contribution in [0, 0.1) is 5.92 Å². The smallest absolute Gasteiger partial charge is 0.161 e. The Morgan fingerprint density at radius 2 is 1.86 bits per heavy atom. The van der Waals surface area contributed by atoms with E-state index in [1.165, 1.54) is 5.56 Å². The second-order valence-electron chi connectivity index (χ2n) is 8.25. The molecule has 1 atom stereocenters. The highest BCUT2D eigenvalue weighted by molar-refractivity contribution is 5.73. The maximum atomic E-state index is 5.95. The van der Waals surface area contributed by atoms with E-state index < -0.39 is 0 Å². The van der Waals surface area contributed by atoms with Crippen LogP contribution in [0.15, 0.2) is 36.4 Å². The molecule has 0 saturated carbocycles. The highest BCUT2D eigenvalue weighted by atomic mass is 16.6. The van der Waals surface area contributed by atoms with E-state index in [4.69, 9.17) is 18.9 Å². The predicted octanol–water partition coefficient (Wildman–Crippen LogP) is 4.38. The Hall–Kier alpha value is -2.24. The molecule has 29 heavy (non-hydrogen) atoms. The highest BCUT2D eigenvalue weighted by Crippen LogP contribution is 2.38. The van der Waals surface area contributed by atoms with Crippen molar-refractivity contribution >= 4 is 0 Å². The van der Waals surface area contributed by atoms with Crippen LogP contribution >= 0.6 is 0 Å². The Bertz CT molecular complexity index is 836. The van der Waals surface area contributed by atoms with Gasteiger partial charge in [-0.25, -0.2) is 0 Å². The molecule has 2 aromatic carbocycles. The molecule has 1 saturated heterocycles. The summed E-state index contributed by atoms with van der Waals surface area (Å²) in [4.78, 5) is 2.49. The lowest BCUT2D eigenvalue weighted by atomic mass is 10.00. The van der Waals surface area contributed by atoms with Crippen molar-refractivity contribution in [2.24, 2.45) is 5.92 Å². The lowest BCUT2D eigenvalue weighted by Crippen LogP contribution is -2.42. The molecule has 0 bridgehead atoms. The van der Waals surface area contributed by atoms with Crippen molar-refractivity contribution in [3.63, 3.8) is 0 Å². The van der Waals surface area contributed by atoms with Crippen molar-refractivity contribution in [2.75, 3.05) is 40.0 Å². The SMILES string of the molecule is COc1ccc(CN2CCOC(CC(C)C)C2)cc1-c1ccc2c(c1)OCCO2. The molecule has 1 unspecified atom stereocenters. The molecule has 0 amide bonds. The summed E-state index contributed by atoms with van der Waals surface area (Å²) in [5, 5.41) is 0. The lowest BCUT2D eigenvalue weighted by Gasteiger charge is -2.33. The van der Waals surface area contributed by atoms with Gasteiger partial charge in [-0.3, -0.25) is 4.90 Å². The fourth-order valence-corrected chi connectivity index (χ4v) is 4.14. The van der Waals surface area contributed by atoms with Crippen LogP contribution in [0.1, 0.15) is 25.8 Å². The van der Waals surface area contributed by atoms with E-state index in [1.54, 1.807) is 7.11 Å². The predicted molar refractivity (Wildman–Crippen MR) is 114 cm³/mol. The quantitative estimate of drug-likeness (QED) is 0.723. The minimum absolute atomic E-state index is 0.333. The molecule has 4 rings (SSSR count). The van der Waals surface area contributed by atoms with Gasteiger partial charge < -0.3 is 18.9 Å². The Labute approximate surface area is 173 Å². The van der Waals surface area contributed by atoms with Crippen molar-refractivity contribution in [1.82, 2.24) is 4.90 Å². The first-order valence-corrected chi connectivity index (χ1v) is 10.5. The van der Waals surface area contributed by atoms with Crippen LogP contribution in [0.4, 0.5) is 0 Å². The summed E-state index contributed by atoms with van der Waals surface area (Å²) in [6.45, 7) is 9.38. The van der Waals surface area contributed by atoms with E-state index in [1.807, 2.05) is 12.1 Å². The average molecular weight is 398 g/mol. The van der Waals surface area contributed by atoms with E-state index >= 15 is 0 Å². The number of fused-ring (bicyclic) bond motifs is 1. The zero-order valence-corrected chi connectivity index (χ0v) is 17.6. The summed E-state index contributed by atoms with van der Waals surface area (Å²) < 4.78 is 23.0. The first-order valence-electron chi connectivity index (χ1n) is 10.5. The standard InChI is InChI=1S/C24H31NO4/c1-17(2)12-20-16-25(8-9-27-20)15-18-4-6-22(26-3)21(13-18)19-5-7-23-24(14-19)29-11-10-28-23/h4-7,13-14,17,20H,8-12,15-16H2,1-3H3. The Kier molecular flexibility index (Phi) is 6.26. The molecule has 2 heterocycles. The maximum Gasteiger partial charge on any atom is 0.161 e. The number of methoxy groups -OCH3 is 1. The van der Waals surface area contributed by atoms with Gasteiger partial charge in [-0.2, -0.15) is 0 Å². The van der Waals surface area contributed by atoms with E-state index in [-0.39, 0.29) is 0 Å². The van der Waals surface area contributed by atoms with Crippen LogP contribution in [0.2, 0.25) is 0 Å². The van der Waals surface area contributed by atoms with Crippen molar-refractivity contribution < 1.29 is 18.9 Å². The molecule has 5 heteroatoms. The Balaban J connectivity index is 1.54. The summed E-state index contributed by atoms with van der Waals surface area (Å²) in [5.41, 5.74) is 3.43. The van der Waals surface area contributed by atoms with Crippen LogP contribution < -0.4 is 14.2 Å². The molecule has 0 spiro atoms. The minimum atomic E-state index is 0.333. The van der Waals surface area contributed by atoms with E-state index in [2.05, 4.69) is 43.0 Å². The molecule has 5 nitrogen and oxygen atoms in total. The van der Waals surface area contributed by atoms with Crippen LogP contribution in [0.5, 0.6) is 17.2 Å². The number of hydrogen-bond acceptors (Lipinski definition) is 5. The summed E-state index contributed by atoms with van der Waals surface area (Å²) in [6, 6.07) is 12.6. The average Bonchev–Trinajstić information content (AvgIpc) is 2.73. The number of nitrogens with zero attached hydrogens (tertiary/aromatic N) is 1. The number of hydrogen-bond donors (Lipinski definition) is 0. The van der Waals surface area contributed by atoms with Crippen LogP contribution in [0.25, 0.3) is 11.1 Å². The molecule has 2 aliphatic heterocycles. The maximum absolute atomic E-state index is 5.95. The first-order chi connectivity index (χ1) is 14.1. The third-order valence-corrected chi connectivity index (χ3v) is 5.48. The molecular weight excluding hydrogens is 366 g/mol. The number of rotatable bonds is 6. The van der Waals surface area contributed by atoms with Crippen molar-refractivity contribution in [3.8, 4) is 28.4 Å². The fraction of sp³-hybridized carbons (Fsp3) is 0.500. The summed E-state index contributed by atoms with van der Waals surface area (Å²) >= 11 is 0. The van der Waals surface area contributed by atoms with Gasteiger partial charge in [0.2, 0.25) is 0 Å². The summed E-state index contributed by atoms with van der Waals surface area (Å²) in [5.74, 6) is 3.12. The number of benzene rings is 2. The van der Waals surface area contributed by atoms with Gasteiger partial charge in [0, 0.05) is 25.2 Å².